The number of aromatic nitrogens is 1. The molecular weight excluding hydrogens is 318 g/mol. The maximum atomic E-state index is 5.06. The van der Waals surface area contributed by atoms with Gasteiger partial charge in [0.2, 0.25) is 0 Å². The van der Waals surface area contributed by atoms with Crippen molar-refractivity contribution in [1.29, 1.82) is 0 Å². The van der Waals surface area contributed by atoms with E-state index in [1.807, 2.05) is 12.4 Å². The average Bonchev–Trinajstić information content (AvgIpc) is 2.44. The molecule has 1 unspecified atom stereocenters. The van der Waals surface area contributed by atoms with Crippen LogP contribution in [0.25, 0.3) is 0 Å². The predicted octanol–water partition coefficient (Wildman–Crippen LogP) is 2.29. The first-order valence-electron chi connectivity index (χ1n) is 7.29. The summed E-state index contributed by atoms with van der Waals surface area (Å²) in [5, 5.41) is 3.48. The Labute approximate surface area is 130 Å². The molecule has 2 rings (SSSR count). The Morgan fingerprint density at radius 2 is 2.40 bits per heavy atom. The van der Waals surface area contributed by atoms with E-state index in [1.165, 1.54) is 31.5 Å². The van der Waals surface area contributed by atoms with Crippen LogP contribution in [0.5, 0.6) is 0 Å². The van der Waals surface area contributed by atoms with Gasteiger partial charge in [0.25, 0.3) is 0 Å². The molecule has 0 radical (unpaired) electrons. The average molecular weight is 342 g/mol. The number of nitrogens with one attached hydrogen (secondary N) is 1. The molecule has 1 aliphatic heterocycles. The zero-order chi connectivity index (χ0) is 14.2. The van der Waals surface area contributed by atoms with Crippen molar-refractivity contribution >= 4 is 15.9 Å². The van der Waals surface area contributed by atoms with Crippen molar-refractivity contribution in [2.75, 3.05) is 39.9 Å². The Kier molecular flexibility index (Phi) is 6.93. The van der Waals surface area contributed by atoms with Crippen LogP contribution in [0.15, 0.2) is 22.9 Å². The highest BCUT2D eigenvalue weighted by atomic mass is 79.9. The molecule has 1 saturated heterocycles. The van der Waals surface area contributed by atoms with Crippen LogP contribution in [-0.4, -0.2) is 49.8 Å². The summed E-state index contributed by atoms with van der Waals surface area (Å²) in [6.45, 7) is 6.20. The monoisotopic (exact) mass is 341 g/mol. The Morgan fingerprint density at radius 1 is 1.50 bits per heavy atom. The van der Waals surface area contributed by atoms with E-state index >= 15 is 0 Å². The number of hydrogen-bond donors (Lipinski definition) is 1. The van der Waals surface area contributed by atoms with Gasteiger partial charge < -0.3 is 10.1 Å². The largest absolute Gasteiger partial charge is 0.383 e. The molecular formula is C15H24BrN3O. The van der Waals surface area contributed by atoms with Crippen molar-refractivity contribution < 1.29 is 4.74 Å². The van der Waals surface area contributed by atoms with Crippen molar-refractivity contribution in [1.82, 2.24) is 15.2 Å². The van der Waals surface area contributed by atoms with Crippen LogP contribution in [-0.2, 0) is 11.3 Å². The predicted molar refractivity (Wildman–Crippen MR) is 84.7 cm³/mol. The topological polar surface area (TPSA) is 37.4 Å². The normalized spacial score (nSPS) is 20.2. The summed E-state index contributed by atoms with van der Waals surface area (Å²) in [5.41, 5.74) is 1.28. The van der Waals surface area contributed by atoms with Gasteiger partial charge in [-0.3, -0.25) is 9.88 Å². The van der Waals surface area contributed by atoms with E-state index in [4.69, 9.17) is 4.74 Å². The molecule has 112 valence electrons. The minimum Gasteiger partial charge on any atom is -0.383 e. The Bertz CT molecular complexity index is 402. The van der Waals surface area contributed by atoms with E-state index in [2.05, 4.69) is 37.2 Å². The molecule has 0 bridgehead atoms. The van der Waals surface area contributed by atoms with Gasteiger partial charge in [0, 0.05) is 43.6 Å². The number of methoxy groups -OCH3 is 1. The van der Waals surface area contributed by atoms with Crippen LogP contribution in [0.2, 0.25) is 0 Å². The highest BCUT2D eigenvalue weighted by Crippen LogP contribution is 2.19. The number of ether oxygens (including phenoxy) is 1. The summed E-state index contributed by atoms with van der Waals surface area (Å²) < 4.78 is 6.12. The van der Waals surface area contributed by atoms with E-state index in [0.717, 1.165) is 36.6 Å². The third-order valence-electron chi connectivity index (χ3n) is 3.69. The van der Waals surface area contributed by atoms with Gasteiger partial charge in [0.05, 0.1) is 6.61 Å². The first-order chi connectivity index (χ1) is 9.78. The molecule has 1 fully saturated rings. The molecule has 1 N–H and O–H groups in total. The molecule has 0 aromatic carbocycles. The van der Waals surface area contributed by atoms with Gasteiger partial charge in [-0.2, -0.15) is 0 Å². The lowest BCUT2D eigenvalue weighted by Crippen LogP contribution is -2.39. The number of rotatable bonds is 7. The Balaban J connectivity index is 1.75. The molecule has 4 nitrogen and oxygen atoms in total. The summed E-state index contributed by atoms with van der Waals surface area (Å²) in [6.07, 6.45) is 6.42. The van der Waals surface area contributed by atoms with Gasteiger partial charge in [-0.05, 0) is 59.4 Å². The smallest absolute Gasteiger partial charge is 0.0587 e. The maximum Gasteiger partial charge on any atom is 0.0587 e. The third-order valence-corrected chi connectivity index (χ3v) is 4.12. The maximum absolute atomic E-state index is 5.06. The molecule has 2 heterocycles. The molecule has 0 saturated carbocycles. The minimum absolute atomic E-state index is 0.751. The minimum atomic E-state index is 0.751. The third kappa shape index (κ3) is 5.48. The van der Waals surface area contributed by atoms with Crippen LogP contribution < -0.4 is 5.32 Å². The van der Waals surface area contributed by atoms with Crippen LogP contribution in [0, 0.1) is 5.92 Å². The lowest BCUT2D eigenvalue weighted by Gasteiger charge is -2.32. The zero-order valence-corrected chi connectivity index (χ0v) is 13.7. The second kappa shape index (κ2) is 8.72. The summed E-state index contributed by atoms with van der Waals surface area (Å²) in [6, 6.07) is 2.16. The highest BCUT2D eigenvalue weighted by Gasteiger charge is 2.19. The highest BCUT2D eigenvalue weighted by molar-refractivity contribution is 9.10. The molecule has 5 heteroatoms. The van der Waals surface area contributed by atoms with E-state index in [-0.39, 0.29) is 0 Å². The number of halogens is 1. The van der Waals surface area contributed by atoms with Crippen molar-refractivity contribution in [2.24, 2.45) is 5.92 Å². The first kappa shape index (κ1) is 15.9. The standard InChI is InChI=1S/C15H24BrN3O/c1-20-6-4-17-8-13-3-2-5-19(11-13)12-14-7-15(16)10-18-9-14/h7,9-10,13,17H,2-6,8,11-12H2,1H3. The van der Waals surface area contributed by atoms with Crippen LogP contribution >= 0.6 is 15.9 Å². The van der Waals surface area contributed by atoms with Crippen molar-refractivity contribution in [3.8, 4) is 0 Å². The zero-order valence-electron chi connectivity index (χ0n) is 12.1. The molecule has 1 atom stereocenters. The molecule has 0 aliphatic carbocycles. The molecule has 1 aromatic rings. The van der Waals surface area contributed by atoms with E-state index in [1.54, 1.807) is 7.11 Å². The van der Waals surface area contributed by atoms with E-state index in [0.29, 0.717) is 0 Å². The molecule has 0 spiro atoms. The van der Waals surface area contributed by atoms with Crippen LogP contribution in [0.3, 0.4) is 0 Å². The summed E-state index contributed by atoms with van der Waals surface area (Å²) in [5.74, 6) is 0.751. The van der Waals surface area contributed by atoms with Gasteiger partial charge in [0.15, 0.2) is 0 Å². The fourth-order valence-corrected chi connectivity index (χ4v) is 3.15. The fourth-order valence-electron chi connectivity index (χ4n) is 2.74. The van der Waals surface area contributed by atoms with Gasteiger partial charge in [-0.1, -0.05) is 0 Å². The molecule has 20 heavy (non-hydrogen) atoms. The Morgan fingerprint density at radius 3 is 3.20 bits per heavy atom. The van der Waals surface area contributed by atoms with Crippen LogP contribution in [0.4, 0.5) is 0 Å². The molecule has 1 aromatic heterocycles. The van der Waals surface area contributed by atoms with Gasteiger partial charge in [-0.15, -0.1) is 0 Å². The number of likely N-dealkylation sites (tertiary alicyclic amines) is 1. The number of nitrogens with zero attached hydrogens (tertiary/aromatic N) is 2. The number of hydrogen-bond acceptors (Lipinski definition) is 4. The molecule has 0 amide bonds. The second-order valence-corrected chi connectivity index (χ2v) is 6.37. The van der Waals surface area contributed by atoms with Crippen molar-refractivity contribution in [2.45, 2.75) is 19.4 Å². The van der Waals surface area contributed by atoms with E-state index in [9.17, 15) is 0 Å². The van der Waals surface area contributed by atoms with E-state index < -0.39 is 0 Å². The summed E-state index contributed by atoms with van der Waals surface area (Å²) in [7, 11) is 1.75. The number of pyridine rings is 1. The first-order valence-corrected chi connectivity index (χ1v) is 8.08. The van der Waals surface area contributed by atoms with Crippen molar-refractivity contribution in [3.63, 3.8) is 0 Å². The summed E-state index contributed by atoms with van der Waals surface area (Å²) >= 11 is 3.48. The number of piperidine rings is 1. The van der Waals surface area contributed by atoms with Crippen LogP contribution in [0.1, 0.15) is 18.4 Å². The van der Waals surface area contributed by atoms with Gasteiger partial charge in [0.1, 0.15) is 0 Å². The lowest BCUT2D eigenvalue weighted by atomic mass is 9.97. The SMILES string of the molecule is COCCNCC1CCCN(Cc2cncc(Br)c2)C1. The summed E-state index contributed by atoms with van der Waals surface area (Å²) in [4.78, 5) is 6.78. The fraction of sp³-hybridized carbons (Fsp3) is 0.667. The van der Waals surface area contributed by atoms with Gasteiger partial charge in [-0.25, -0.2) is 0 Å². The lowest BCUT2D eigenvalue weighted by molar-refractivity contribution is 0.159. The van der Waals surface area contributed by atoms with Gasteiger partial charge >= 0.3 is 0 Å². The quantitative estimate of drug-likeness (QED) is 0.772. The molecule has 1 aliphatic rings. The second-order valence-electron chi connectivity index (χ2n) is 5.45. The van der Waals surface area contributed by atoms with Crippen molar-refractivity contribution in [3.05, 3.63) is 28.5 Å². The Hall–Kier alpha value is -0.490.